The van der Waals surface area contributed by atoms with Gasteiger partial charge in [-0.15, -0.1) is 0 Å². The fourth-order valence-corrected chi connectivity index (χ4v) is 2.24. The van der Waals surface area contributed by atoms with Crippen LogP contribution in [0.25, 0.3) is 10.9 Å². The molecule has 2 aromatic carbocycles. The number of fused-ring (bicyclic) bond motifs is 1. The van der Waals surface area contributed by atoms with Gasteiger partial charge in [0.25, 0.3) is 0 Å². The normalized spacial score (nSPS) is 10.7. The van der Waals surface area contributed by atoms with Gasteiger partial charge in [-0.25, -0.2) is 0 Å². The van der Waals surface area contributed by atoms with Crippen molar-refractivity contribution in [2.24, 2.45) is 0 Å². The molecule has 0 amide bonds. The zero-order chi connectivity index (χ0) is 14.8. The van der Waals surface area contributed by atoms with Crippen molar-refractivity contribution in [3.63, 3.8) is 0 Å². The van der Waals surface area contributed by atoms with Crippen LogP contribution >= 0.6 is 0 Å². The van der Waals surface area contributed by atoms with Crippen LogP contribution in [-0.2, 0) is 0 Å². The fraction of sp³-hybridized carbons (Fsp3) is 0.125. The third-order valence-electron chi connectivity index (χ3n) is 3.26. The first-order valence-corrected chi connectivity index (χ1v) is 6.70. The second-order valence-corrected chi connectivity index (χ2v) is 4.66. The number of hydrogen-bond donors (Lipinski definition) is 2. The number of carbonyl (C=O) groups excluding carboxylic acids is 1. The van der Waals surface area contributed by atoms with E-state index in [0.717, 1.165) is 10.9 Å². The molecule has 0 unspecified atom stereocenters. The lowest BCUT2D eigenvalue weighted by molar-refractivity contribution is 0.103. The second-order valence-electron chi connectivity index (χ2n) is 4.66. The Labute approximate surface area is 121 Å². The van der Waals surface area contributed by atoms with E-state index in [9.17, 15) is 4.79 Å². The number of nitrogens with zero attached hydrogens (tertiary/aromatic N) is 1. The predicted octanol–water partition coefficient (Wildman–Crippen LogP) is 2.77. The van der Waals surface area contributed by atoms with E-state index in [1.165, 1.54) is 0 Å². The van der Waals surface area contributed by atoms with Gasteiger partial charge in [0.05, 0.1) is 12.1 Å². The van der Waals surface area contributed by atoms with Gasteiger partial charge in [-0.05, 0) is 37.3 Å². The highest BCUT2D eigenvalue weighted by molar-refractivity contribution is 6.11. The van der Waals surface area contributed by atoms with Gasteiger partial charge in [-0.3, -0.25) is 9.89 Å². The van der Waals surface area contributed by atoms with E-state index < -0.39 is 0 Å². The van der Waals surface area contributed by atoms with Crippen LogP contribution in [0, 0.1) is 0 Å². The number of benzene rings is 2. The lowest BCUT2D eigenvalue weighted by atomic mass is 10.0. The highest BCUT2D eigenvalue weighted by atomic mass is 16.5. The number of nitrogens with two attached hydrogens (primary N) is 1. The molecule has 0 saturated carbocycles. The number of anilines is 1. The molecule has 0 aliphatic rings. The van der Waals surface area contributed by atoms with Gasteiger partial charge < -0.3 is 10.5 Å². The van der Waals surface area contributed by atoms with Crippen LogP contribution in [0.5, 0.6) is 5.75 Å². The Kier molecular flexibility index (Phi) is 3.31. The molecule has 3 rings (SSSR count). The monoisotopic (exact) mass is 281 g/mol. The van der Waals surface area contributed by atoms with Crippen LogP contribution in [-0.4, -0.2) is 22.6 Å². The smallest absolute Gasteiger partial charge is 0.193 e. The van der Waals surface area contributed by atoms with E-state index in [-0.39, 0.29) is 5.78 Å². The van der Waals surface area contributed by atoms with Gasteiger partial charge in [0, 0.05) is 16.5 Å². The van der Waals surface area contributed by atoms with Crippen molar-refractivity contribution in [1.82, 2.24) is 10.2 Å². The molecule has 3 aromatic rings. The number of ketones is 1. The highest BCUT2D eigenvalue weighted by Gasteiger charge is 2.12. The van der Waals surface area contributed by atoms with Gasteiger partial charge in [-0.2, -0.15) is 5.10 Å². The van der Waals surface area contributed by atoms with Gasteiger partial charge in [0.2, 0.25) is 0 Å². The molecule has 21 heavy (non-hydrogen) atoms. The summed E-state index contributed by atoms with van der Waals surface area (Å²) in [7, 11) is 0. The molecule has 0 saturated heterocycles. The zero-order valence-corrected chi connectivity index (χ0v) is 11.6. The number of rotatable bonds is 4. The van der Waals surface area contributed by atoms with Crippen molar-refractivity contribution in [2.75, 3.05) is 12.3 Å². The molecule has 106 valence electrons. The first-order chi connectivity index (χ1) is 10.2. The topological polar surface area (TPSA) is 81.0 Å². The maximum absolute atomic E-state index is 12.6. The van der Waals surface area contributed by atoms with E-state index in [0.29, 0.717) is 29.3 Å². The summed E-state index contributed by atoms with van der Waals surface area (Å²) < 4.78 is 5.42. The van der Waals surface area contributed by atoms with Crippen molar-refractivity contribution >= 4 is 22.5 Å². The summed E-state index contributed by atoms with van der Waals surface area (Å²) in [5, 5.41) is 7.49. The van der Waals surface area contributed by atoms with Crippen LogP contribution in [0.1, 0.15) is 22.8 Å². The molecule has 0 aliphatic heterocycles. The Hall–Kier alpha value is -2.82. The summed E-state index contributed by atoms with van der Waals surface area (Å²) in [4.78, 5) is 12.6. The fourth-order valence-electron chi connectivity index (χ4n) is 2.24. The van der Waals surface area contributed by atoms with E-state index in [1.807, 2.05) is 19.1 Å². The Morgan fingerprint density at radius 3 is 2.86 bits per heavy atom. The Bertz CT molecular complexity index is 808. The largest absolute Gasteiger partial charge is 0.494 e. The third kappa shape index (κ3) is 2.45. The van der Waals surface area contributed by atoms with Crippen LogP contribution < -0.4 is 10.5 Å². The summed E-state index contributed by atoms with van der Waals surface area (Å²) in [6.07, 6.45) is 0. The van der Waals surface area contributed by atoms with E-state index in [1.54, 1.807) is 30.3 Å². The Balaban J connectivity index is 1.99. The molecule has 0 spiro atoms. The summed E-state index contributed by atoms with van der Waals surface area (Å²) in [6, 6.07) is 12.5. The lowest BCUT2D eigenvalue weighted by Crippen LogP contribution is -2.02. The standard InChI is InChI=1S/C16H15N3O2/c1-2-21-12-5-3-4-10(8-12)15(20)11-6-7-14-13(9-11)16(17)19-18-14/h3-9H,2H2,1H3,(H3,17,18,19). The minimum atomic E-state index is -0.0703. The number of hydrogen-bond acceptors (Lipinski definition) is 4. The van der Waals surface area contributed by atoms with Gasteiger partial charge in [-0.1, -0.05) is 12.1 Å². The molecule has 3 N–H and O–H groups in total. The molecule has 5 nitrogen and oxygen atoms in total. The van der Waals surface area contributed by atoms with Crippen molar-refractivity contribution in [1.29, 1.82) is 0 Å². The molecule has 1 heterocycles. The Morgan fingerprint density at radius 1 is 1.24 bits per heavy atom. The van der Waals surface area contributed by atoms with Gasteiger partial charge in [0.15, 0.2) is 11.6 Å². The van der Waals surface area contributed by atoms with Crippen molar-refractivity contribution in [3.05, 3.63) is 53.6 Å². The molecule has 0 fully saturated rings. The minimum absolute atomic E-state index is 0.0703. The average Bonchev–Trinajstić information content (AvgIpc) is 2.88. The second kappa shape index (κ2) is 5.28. The quantitative estimate of drug-likeness (QED) is 0.720. The number of aromatic nitrogens is 2. The number of H-pyrrole nitrogens is 1. The molecule has 5 heteroatoms. The van der Waals surface area contributed by atoms with Crippen molar-refractivity contribution < 1.29 is 9.53 Å². The van der Waals surface area contributed by atoms with Crippen LogP contribution in [0.4, 0.5) is 5.82 Å². The first-order valence-electron chi connectivity index (χ1n) is 6.70. The maximum Gasteiger partial charge on any atom is 0.193 e. The number of nitrogen functional groups attached to an aromatic ring is 1. The molecular weight excluding hydrogens is 266 g/mol. The molecule has 0 bridgehead atoms. The summed E-state index contributed by atoms with van der Waals surface area (Å²) in [5.74, 6) is 1.01. The van der Waals surface area contributed by atoms with E-state index in [4.69, 9.17) is 10.5 Å². The maximum atomic E-state index is 12.6. The SMILES string of the molecule is CCOc1cccc(C(=O)c2ccc3[nH]nc(N)c3c2)c1. The minimum Gasteiger partial charge on any atom is -0.494 e. The number of carbonyl (C=O) groups is 1. The third-order valence-corrected chi connectivity index (χ3v) is 3.26. The van der Waals surface area contributed by atoms with Crippen LogP contribution in [0.15, 0.2) is 42.5 Å². The number of nitrogens with one attached hydrogen (secondary N) is 1. The summed E-state index contributed by atoms with van der Waals surface area (Å²) >= 11 is 0. The zero-order valence-electron chi connectivity index (χ0n) is 11.6. The number of ether oxygens (including phenoxy) is 1. The average molecular weight is 281 g/mol. The van der Waals surface area contributed by atoms with Crippen LogP contribution in [0.2, 0.25) is 0 Å². The van der Waals surface area contributed by atoms with Gasteiger partial charge >= 0.3 is 0 Å². The molecule has 1 aromatic heterocycles. The molecule has 0 atom stereocenters. The Morgan fingerprint density at radius 2 is 2.05 bits per heavy atom. The van der Waals surface area contributed by atoms with E-state index >= 15 is 0 Å². The molecule has 0 radical (unpaired) electrons. The lowest BCUT2D eigenvalue weighted by Gasteiger charge is -2.06. The highest BCUT2D eigenvalue weighted by Crippen LogP contribution is 2.22. The van der Waals surface area contributed by atoms with Gasteiger partial charge in [0.1, 0.15) is 5.75 Å². The summed E-state index contributed by atoms with van der Waals surface area (Å²) in [6.45, 7) is 2.47. The van der Waals surface area contributed by atoms with Crippen molar-refractivity contribution in [2.45, 2.75) is 6.92 Å². The van der Waals surface area contributed by atoms with E-state index in [2.05, 4.69) is 10.2 Å². The number of aromatic amines is 1. The van der Waals surface area contributed by atoms with Crippen molar-refractivity contribution in [3.8, 4) is 5.75 Å². The van der Waals surface area contributed by atoms with Crippen LogP contribution in [0.3, 0.4) is 0 Å². The summed E-state index contributed by atoms with van der Waals surface area (Å²) in [5.41, 5.74) is 7.74. The first kappa shape index (κ1) is 13.2. The predicted molar refractivity (Wildman–Crippen MR) is 81.5 cm³/mol. The molecule has 0 aliphatic carbocycles. The molecular formula is C16H15N3O2.